The highest BCUT2D eigenvalue weighted by Gasteiger charge is 2.45. The van der Waals surface area contributed by atoms with Gasteiger partial charge in [-0.05, 0) is 50.4 Å². The zero-order valence-electron chi connectivity index (χ0n) is 23.2. The van der Waals surface area contributed by atoms with Gasteiger partial charge in [0, 0.05) is 26.5 Å². The van der Waals surface area contributed by atoms with Gasteiger partial charge in [-0.2, -0.15) is 0 Å². The second kappa shape index (κ2) is 14.5. The quantitative estimate of drug-likeness (QED) is 0.203. The van der Waals surface area contributed by atoms with Crippen LogP contribution in [0.5, 0.6) is 0 Å². The highest BCUT2D eigenvalue weighted by atomic mass is 16.7. The van der Waals surface area contributed by atoms with Gasteiger partial charge in [0.2, 0.25) is 11.8 Å². The minimum absolute atomic E-state index is 0.00620. The molecular formula is C28H48N2O9. The molecule has 39 heavy (non-hydrogen) atoms. The van der Waals surface area contributed by atoms with E-state index in [2.05, 4.69) is 5.32 Å². The van der Waals surface area contributed by atoms with E-state index in [0.717, 1.165) is 31.1 Å². The lowest BCUT2D eigenvalue weighted by atomic mass is 9.75. The number of carbonyl (C=O) groups is 2. The zero-order valence-corrected chi connectivity index (χ0v) is 23.2. The van der Waals surface area contributed by atoms with Crippen molar-refractivity contribution in [2.75, 3.05) is 26.4 Å². The van der Waals surface area contributed by atoms with Crippen molar-refractivity contribution >= 4 is 11.8 Å². The van der Waals surface area contributed by atoms with Gasteiger partial charge in [-0.1, -0.05) is 25.7 Å². The second-order valence-corrected chi connectivity index (χ2v) is 11.9. The summed E-state index contributed by atoms with van der Waals surface area (Å²) >= 11 is 0. The molecule has 2 aliphatic carbocycles. The lowest BCUT2D eigenvalue weighted by Gasteiger charge is -2.42. The molecule has 9 atom stereocenters. The van der Waals surface area contributed by atoms with Crippen molar-refractivity contribution in [3.63, 3.8) is 0 Å². The normalized spacial score (nSPS) is 37.2. The molecule has 11 heteroatoms. The van der Waals surface area contributed by atoms with Crippen molar-refractivity contribution < 1.29 is 44.2 Å². The van der Waals surface area contributed by atoms with Crippen molar-refractivity contribution in [1.29, 1.82) is 0 Å². The molecule has 0 aromatic heterocycles. The van der Waals surface area contributed by atoms with E-state index in [1.807, 2.05) is 0 Å². The highest BCUT2D eigenvalue weighted by molar-refractivity contribution is 5.77. The predicted octanol–water partition coefficient (Wildman–Crippen LogP) is 0.454. The second-order valence-electron chi connectivity index (χ2n) is 11.9. The largest absolute Gasteiger partial charge is 0.394 e. The standard InChI is InChI=1S/C28H48N2O9/c1-17(33)29-25-27(36)26(35)23(16-32)39-28(25)37-11-4-2-3-8-24(34)30-14-22(13-20(30)15-31)38-21-10-9-19(12-21)18-6-5-7-18/h18-23,25-28,31-32,35-36H,2-16H2,1H3,(H,29,33)/t19?,20-,21?,22+,23?,25?,26?,27?,28?/m0/s1. The molecule has 0 aromatic rings. The highest BCUT2D eigenvalue weighted by Crippen LogP contribution is 2.43. The summed E-state index contributed by atoms with van der Waals surface area (Å²) in [7, 11) is 0. The van der Waals surface area contributed by atoms with Crippen LogP contribution in [0.3, 0.4) is 0 Å². The van der Waals surface area contributed by atoms with Crippen LogP contribution in [0.1, 0.15) is 77.6 Å². The Hall–Kier alpha value is -1.34. The maximum Gasteiger partial charge on any atom is 0.222 e. The van der Waals surface area contributed by atoms with Crippen molar-refractivity contribution in [2.24, 2.45) is 11.8 Å². The van der Waals surface area contributed by atoms with Gasteiger partial charge in [0.1, 0.15) is 24.4 Å². The van der Waals surface area contributed by atoms with Crippen LogP contribution in [0, 0.1) is 11.8 Å². The van der Waals surface area contributed by atoms with Crippen LogP contribution in [0.4, 0.5) is 0 Å². The number of nitrogens with zero attached hydrogens (tertiary/aromatic N) is 1. The van der Waals surface area contributed by atoms with E-state index in [-0.39, 0.29) is 37.4 Å². The number of aliphatic hydroxyl groups is 4. The molecule has 0 radical (unpaired) electrons. The third kappa shape index (κ3) is 7.90. The number of aliphatic hydroxyl groups excluding tert-OH is 4. The summed E-state index contributed by atoms with van der Waals surface area (Å²) in [6, 6.07) is -1.15. The van der Waals surface area contributed by atoms with Gasteiger partial charge in [-0.25, -0.2) is 0 Å². The number of ether oxygens (including phenoxy) is 3. The Morgan fingerprint density at radius 1 is 0.949 bits per heavy atom. The summed E-state index contributed by atoms with van der Waals surface area (Å²) in [5.74, 6) is 1.32. The minimum Gasteiger partial charge on any atom is -0.394 e. The zero-order chi connectivity index (χ0) is 27.9. The molecule has 11 nitrogen and oxygen atoms in total. The third-order valence-electron chi connectivity index (χ3n) is 9.10. The molecule has 224 valence electrons. The van der Waals surface area contributed by atoms with Crippen LogP contribution >= 0.6 is 0 Å². The van der Waals surface area contributed by atoms with Crippen molar-refractivity contribution in [3.05, 3.63) is 0 Å². The molecule has 2 heterocycles. The van der Waals surface area contributed by atoms with Gasteiger partial charge >= 0.3 is 0 Å². The molecule has 4 fully saturated rings. The monoisotopic (exact) mass is 556 g/mol. The molecule has 7 unspecified atom stereocenters. The molecule has 4 rings (SSSR count). The average molecular weight is 557 g/mol. The smallest absolute Gasteiger partial charge is 0.222 e. The van der Waals surface area contributed by atoms with Gasteiger partial charge in [0.15, 0.2) is 6.29 Å². The molecule has 2 amide bonds. The number of carbonyl (C=O) groups excluding carboxylic acids is 2. The Balaban J connectivity index is 1.14. The number of amides is 2. The Morgan fingerprint density at radius 2 is 1.74 bits per heavy atom. The van der Waals surface area contributed by atoms with E-state index in [9.17, 15) is 30.0 Å². The summed E-state index contributed by atoms with van der Waals surface area (Å²) in [5.41, 5.74) is 0. The summed E-state index contributed by atoms with van der Waals surface area (Å²) < 4.78 is 17.7. The number of hydrogen-bond acceptors (Lipinski definition) is 9. The molecule has 2 saturated carbocycles. The molecule has 5 N–H and O–H groups in total. The summed E-state index contributed by atoms with van der Waals surface area (Å²) in [6.07, 6.45) is 6.23. The topological polar surface area (TPSA) is 158 Å². The fraction of sp³-hybridized carbons (Fsp3) is 0.929. The first-order chi connectivity index (χ1) is 18.8. The Morgan fingerprint density at radius 3 is 2.41 bits per heavy atom. The third-order valence-corrected chi connectivity index (χ3v) is 9.10. The molecule has 0 bridgehead atoms. The predicted molar refractivity (Wildman–Crippen MR) is 140 cm³/mol. The van der Waals surface area contributed by atoms with Crippen LogP contribution in [0.2, 0.25) is 0 Å². The molecule has 4 aliphatic rings. The van der Waals surface area contributed by atoms with Crippen molar-refractivity contribution in [1.82, 2.24) is 10.2 Å². The maximum atomic E-state index is 12.9. The maximum absolute atomic E-state index is 12.9. The SMILES string of the molecule is CC(=O)NC1C(OCCCCCC(=O)N2C[C@H](OC3CCC(C4CCC4)C3)C[C@H]2CO)OC(CO)C(O)C1O. The lowest BCUT2D eigenvalue weighted by Crippen LogP contribution is -2.64. The number of rotatable bonds is 13. The van der Waals surface area contributed by atoms with E-state index in [0.29, 0.717) is 32.2 Å². The minimum atomic E-state index is -1.35. The fourth-order valence-corrected chi connectivity index (χ4v) is 6.67. The number of unbranched alkanes of at least 4 members (excludes halogenated alkanes) is 2. The van der Waals surface area contributed by atoms with Crippen LogP contribution < -0.4 is 5.32 Å². The van der Waals surface area contributed by atoms with Gasteiger partial charge in [-0.15, -0.1) is 0 Å². The van der Waals surface area contributed by atoms with Gasteiger partial charge in [-0.3, -0.25) is 9.59 Å². The first kappa shape index (κ1) is 30.6. The van der Waals surface area contributed by atoms with Crippen molar-refractivity contribution in [2.45, 2.75) is 126 Å². The van der Waals surface area contributed by atoms with E-state index in [1.54, 1.807) is 4.90 Å². The van der Waals surface area contributed by atoms with Crippen LogP contribution in [-0.2, 0) is 23.8 Å². The summed E-state index contributed by atoms with van der Waals surface area (Å²) in [4.78, 5) is 26.3. The van der Waals surface area contributed by atoms with E-state index >= 15 is 0 Å². The van der Waals surface area contributed by atoms with Crippen LogP contribution in [0.25, 0.3) is 0 Å². The van der Waals surface area contributed by atoms with Gasteiger partial charge in [0.25, 0.3) is 0 Å². The Labute approximate surface area is 231 Å². The van der Waals surface area contributed by atoms with Crippen molar-refractivity contribution in [3.8, 4) is 0 Å². The Kier molecular flexibility index (Phi) is 11.4. The fourth-order valence-electron chi connectivity index (χ4n) is 6.67. The number of nitrogens with one attached hydrogen (secondary N) is 1. The number of hydrogen-bond donors (Lipinski definition) is 5. The van der Waals surface area contributed by atoms with Gasteiger partial charge in [0.05, 0.1) is 31.5 Å². The summed E-state index contributed by atoms with van der Waals surface area (Å²) in [6.45, 7) is 1.55. The Bertz CT molecular complexity index is 797. The van der Waals surface area contributed by atoms with E-state index < -0.39 is 43.2 Å². The molecular weight excluding hydrogens is 508 g/mol. The molecule has 0 spiro atoms. The molecule has 0 aromatic carbocycles. The number of likely N-dealkylation sites (tertiary alicyclic amines) is 1. The van der Waals surface area contributed by atoms with Crippen LogP contribution in [0.15, 0.2) is 0 Å². The lowest BCUT2D eigenvalue weighted by molar-refractivity contribution is -0.270. The van der Waals surface area contributed by atoms with E-state index in [4.69, 9.17) is 14.2 Å². The first-order valence-corrected chi connectivity index (χ1v) is 14.9. The van der Waals surface area contributed by atoms with Gasteiger partial charge < -0.3 is 44.9 Å². The van der Waals surface area contributed by atoms with Crippen LogP contribution in [-0.4, -0.2) is 112 Å². The molecule has 2 saturated heterocycles. The van der Waals surface area contributed by atoms with E-state index in [1.165, 1.54) is 32.6 Å². The average Bonchev–Trinajstić information content (AvgIpc) is 3.50. The molecule has 2 aliphatic heterocycles. The first-order valence-electron chi connectivity index (χ1n) is 14.9. The summed E-state index contributed by atoms with van der Waals surface area (Å²) in [5, 5.41) is 42.3.